The van der Waals surface area contributed by atoms with Crippen LogP contribution in [0.15, 0.2) is 5.16 Å². The molecule has 1 aromatic rings. The number of hydrogen-bond donors (Lipinski definition) is 1. The Morgan fingerprint density at radius 1 is 1.29 bits per heavy atom. The maximum absolute atomic E-state index is 12.1. The highest BCUT2D eigenvalue weighted by Crippen LogP contribution is 2.34. The summed E-state index contributed by atoms with van der Waals surface area (Å²) in [7, 11) is 2.90. The zero-order valence-corrected chi connectivity index (χ0v) is 13.3. The lowest BCUT2D eigenvalue weighted by atomic mass is 9.98. The lowest BCUT2D eigenvalue weighted by Crippen LogP contribution is -2.45. The molecule has 1 N–H and O–H groups in total. The summed E-state index contributed by atoms with van der Waals surface area (Å²) in [5, 5.41) is 3.72. The molecule has 1 saturated carbocycles. The molecule has 116 valence electrons. The summed E-state index contributed by atoms with van der Waals surface area (Å²) in [5.41, 5.74) is -0.741. The third-order valence-electron chi connectivity index (χ3n) is 3.43. The van der Waals surface area contributed by atoms with Gasteiger partial charge in [0, 0.05) is 0 Å². The first kappa shape index (κ1) is 15.8. The summed E-state index contributed by atoms with van der Waals surface area (Å²) in [6.45, 7) is 2.01. The van der Waals surface area contributed by atoms with Crippen LogP contribution in [-0.2, 0) is 9.53 Å². The first-order valence-electron chi connectivity index (χ1n) is 6.93. The van der Waals surface area contributed by atoms with E-state index in [1.807, 2.05) is 6.92 Å². The van der Waals surface area contributed by atoms with Crippen molar-refractivity contribution < 1.29 is 14.3 Å². The van der Waals surface area contributed by atoms with Crippen molar-refractivity contribution in [1.82, 2.24) is 15.0 Å². The van der Waals surface area contributed by atoms with Crippen LogP contribution in [-0.4, -0.2) is 46.4 Å². The van der Waals surface area contributed by atoms with Gasteiger partial charge in [0.1, 0.15) is 5.54 Å². The van der Waals surface area contributed by atoms with Gasteiger partial charge >= 0.3 is 12.0 Å². The van der Waals surface area contributed by atoms with E-state index in [1.165, 1.54) is 26.0 Å². The Morgan fingerprint density at radius 3 is 2.57 bits per heavy atom. The summed E-state index contributed by atoms with van der Waals surface area (Å²) < 4.78 is 10.0. The summed E-state index contributed by atoms with van der Waals surface area (Å²) in [6.07, 6.45) is 3.37. The average molecular weight is 312 g/mol. The van der Waals surface area contributed by atoms with E-state index in [4.69, 9.17) is 9.47 Å². The third-order valence-corrected chi connectivity index (χ3v) is 4.16. The van der Waals surface area contributed by atoms with E-state index >= 15 is 0 Å². The molecule has 0 amide bonds. The van der Waals surface area contributed by atoms with Crippen LogP contribution in [0.25, 0.3) is 0 Å². The van der Waals surface area contributed by atoms with Gasteiger partial charge in [0.2, 0.25) is 5.95 Å². The number of aromatic nitrogens is 3. The molecule has 0 aromatic carbocycles. The fourth-order valence-electron chi connectivity index (χ4n) is 2.45. The maximum Gasteiger partial charge on any atom is 0.331 e. The lowest BCUT2D eigenvalue weighted by Gasteiger charge is -2.27. The molecular weight excluding hydrogens is 292 g/mol. The van der Waals surface area contributed by atoms with E-state index in [0.29, 0.717) is 23.9 Å². The van der Waals surface area contributed by atoms with Gasteiger partial charge in [0.25, 0.3) is 0 Å². The molecule has 0 aliphatic heterocycles. The quantitative estimate of drug-likeness (QED) is 0.629. The second-order valence-corrected chi connectivity index (χ2v) is 6.00. The van der Waals surface area contributed by atoms with Gasteiger partial charge in [-0.05, 0) is 18.6 Å². The number of hydrogen-bond acceptors (Lipinski definition) is 8. The number of rotatable bonds is 6. The minimum absolute atomic E-state index is 0.237. The van der Waals surface area contributed by atoms with Crippen LogP contribution in [0.2, 0.25) is 0 Å². The van der Waals surface area contributed by atoms with E-state index in [-0.39, 0.29) is 12.0 Å². The second kappa shape index (κ2) is 6.93. The van der Waals surface area contributed by atoms with Crippen LogP contribution in [0.1, 0.15) is 32.6 Å². The Kier molecular flexibility index (Phi) is 5.22. The van der Waals surface area contributed by atoms with E-state index in [9.17, 15) is 4.79 Å². The van der Waals surface area contributed by atoms with Crippen molar-refractivity contribution in [2.75, 3.05) is 25.3 Å². The molecule has 0 atom stereocenters. The Balaban J connectivity index is 2.27. The molecule has 1 aromatic heterocycles. The molecule has 1 aliphatic carbocycles. The fraction of sp³-hybridized carbons (Fsp3) is 0.692. The molecule has 1 heterocycles. The smallest absolute Gasteiger partial charge is 0.331 e. The van der Waals surface area contributed by atoms with Gasteiger partial charge in [0.05, 0.1) is 14.2 Å². The van der Waals surface area contributed by atoms with Crippen LogP contribution >= 0.6 is 11.8 Å². The lowest BCUT2D eigenvalue weighted by molar-refractivity contribution is -0.145. The first-order chi connectivity index (χ1) is 10.1. The molecule has 0 saturated heterocycles. The molecule has 1 aliphatic rings. The first-order valence-corrected chi connectivity index (χ1v) is 7.91. The third kappa shape index (κ3) is 3.55. The van der Waals surface area contributed by atoms with Gasteiger partial charge < -0.3 is 14.8 Å². The number of thioether (sulfide) groups is 1. The molecule has 8 heteroatoms. The van der Waals surface area contributed by atoms with Crippen LogP contribution in [0.3, 0.4) is 0 Å². The molecular formula is C13H20N4O3S. The number of carbonyl (C=O) groups excluding carboxylic acids is 1. The monoisotopic (exact) mass is 312 g/mol. The van der Waals surface area contributed by atoms with Crippen molar-refractivity contribution in [3.05, 3.63) is 0 Å². The van der Waals surface area contributed by atoms with Crippen molar-refractivity contribution in [2.24, 2.45) is 0 Å². The predicted octanol–water partition coefficient (Wildman–Crippen LogP) is 1.89. The van der Waals surface area contributed by atoms with Crippen molar-refractivity contribution >= 4 is 23.7 Å². The standard InChI is InChI=1S/C13H20N4O3S/c1-4-21-12-15-10(14-11(16-12)20-3)17-13(9(18)19-2)7-5-6-8-13/h4-8H2,1-3H3,(H,14,15,16,17). The molecule has 21 heavy (non-hydrogen) atoms. The van der Waals surface area contributed by atoms with E-state index in [2.05, 4.69) is 20.3 Å². The molecule has 2 rings (SSSR count). The molecule has 0 unspecified atom stereocenters. The fourth-order valence-corrected chi connectivity index (χ4v) is 3.00. The van der Waals surface area contributed by atoms with Crippen molar-refractivity contribution in [3.8, 4) is 6.01 Å². The Morgan fingerprint density at radius 2 is 2.00 bits per heavy atom. The largest absolute Gasteiger partial charge is 0.467 e. The molecule has 0 bridgehead atoms. The molecule has 0 radical (unpaired) electrons. The number of anilines is 1. The van der Waals surface area contributed by atoms with Crippen LogP contribution in [0.4, 0.5) is 5.95 Å². The number of nitrogens with zero attached hydrogens (tertiary/aromatic N) is 3. The number of nitrogens with one attached hydrogen (secondary N) is 1. The van der Waals surface area contributed by atoms with E-state index in [1.54, 1.807) is 0 Å². The average Bonchev–Trinajstić information content (AvgIpc) is 2.96. The highest BCUT2D eigenvalue weighted by atomic mass is 32.2. The van der Waals surface area contributed by atoms with Crippen molar-refractivity contribution in [2.45, 2.75) is 43.3 Å². The molecule has 1 fully saturated rings. The predicted molar refractivity (Wildman–Crippen MR) is 79.6 cm³/mol. The SMILES string of the molecule is CCSc1nc(NC2(C(=O)OC)CCCC2)nc(OC)n1. The number of methoxy groups -OCH3 is 2. The van der Waals surface area contributed by atoms with Gasteiger partial charge in [-0.2, -0.15) is 15.0 Å². The zero-order valence-electron chi connectivity index (χ0n) is 12.5. The van der Waals surface area contributed by atoms with Crippen LogP contribution in [0.5, 0.6) is 6.01 Å². The highest BCUT2D eigenvalue weighted by molar-refractivity contribution is 7.99. The summed E-state index contributed by atoms with van der Waals surface area (Å²) in [4.78, 5) is 24.8. The van der Waals surface area contributed by atoms with Gasteiger partial charge in [0.15, 0.2) is 5.16 Å². The second-order valence-electron chi connectivity index (χ2n) is 4.77. The van der Waals surface area contributed by atoms with Gasteiger partial charge in [-0.25, -0.2) is 4.79 Å². The number of carbonyl (C=O) groups is 1. The summed E-state index contributed by atoms with van der Waals surface area (Å²) in [5.74, 6) is 0.920. The molecule has 7 nitrogen and oxygen atoms in total. The van der Waals surface area contributed by atoms with Gasteiger partial charge in [-0.15, -0.1) is 0 Å². The minimum atomic E-state index is -0.741. The van der Waals surface area contributed by atoms with Crippen LogP contribution < -0.4 is 10.1 Å². The zero-order chi connectivity index (χ0) is 15.3. The van der Waals surface area contributed by atoms with Gasteiger partial charge in [-0.3, -0.25) is 0 Å². The Hall–Kier alpha value is -1.57. The van der Waals surface area contributed by atoms with Crippen molar-refractivity contribution in [3.63, 3.8) is 0 Å². The normalized spacial score (nSPS) is 16.5. The Labute approximate surface area is 128 Å². The van der Waals surface area contributed by atoms with E-state index < -0.39 is 5.54 Å². The van der Waals surface area contributed by atoms with Crippen LogP contribution in [0, 0.1) is 0 Å². The number of esters is 1. The topological polar surface area (TPSA) is 86.2 Å². The highest BCUT2D eigenvalue weighted by Gasteiger charge is 2.43. The Bertz CT molecular complexity index is 506. The maximum atomic E-state index is 12.1. The summed E-state index contributed by atoms with van der Waals surface area (Å²) >= 11 is 1.49. The van der Waals surface area contributed by atoms with Crippen molar-refractivity contribution in [1.29, 1.82) is 0 Å². The molecule has 0 spiro atoms. The summed E-state index contributed by atoms with van der Waals surface area (Å²) in [6, 6.07) is 0.237. The van der Waals surface area contributed by atoms with E-state index in [0.717, 1.165) is 18.6 Å². The number of ether oxygens (including phenoxy) is 2. The minimum Gasteiger partial charge on any atom is -0.467 e. The van der Waals surface area contributed by atoms with Gasteiger partial charge in [-0.1, -0.05) is 31.5 Å².